The van der Waals surface area contributed by atoms with Gasteiger partial charge in [-0.1, -0.05) is 12.1 Å². The van der Waals surface area contributed by atoms with Crippen LogP contribution in [0.5, 0.6) is 17.2 Å². The molecule has 0 N–H and O–H groups in total. The highest BCUT2D eigenvalue weighted by atomic mass is 16.5. The van der Waals surface area contributed by atoms with Crippen molar-refractivity contribution in [3.8, 4) is 17.2 Å². The molecule has 2 aromatic rings. The molecule has 0 saturated heterocycles. The van der Waals surface area contributed by atoms with E-state index in [1.54, 1.807) is 21.3 Å². The Hall–Kier alpha value is -2.69. The van der Waals surface area contributed by atoms with Crippen molar-refractivity contribution in [1.29, 1.82) is 0 Å². The summed E-state index contributed by atoms with van der Waals surface area (Å²) in [4.78, 5) is 14.6. The first-order valence-electron chi connectivity index (χ1n) is 8.29. The molecule has 3 rings (SSSR count). The molecule has 5 heteroatoms. The topological polar surface area (TPSA) is 48.0 Å². The molecule has 132 valence electrons. The van der Waals surface area contributed by atoms with Gasteiger partial charge in [-0.2, -0.15) is 0 Å². The fourth-order valence-corrected chi connectivity index (χ4v) is 3.16. The van der Waals surface area contributed by atoms with E-state index in [2.05, 4.69) is 0 Å². The highest BCUT2D eigenvalue weighted by Crippen LogP contribution is 2.33. The van der Waals surface area contributed by atoms with Crippen molar-refractivity contribution < 1.29 is 19.0 Å². The zero-order chi connectivity index (χ0) is 17.8. The number of rotatable bonds is 5. The van der Waals surface area contributed by atoms with E-state index in [0.29, 0.717) is 25.3 Å². The molecule has 1 aliphatic heterocycles. The van der Waals surface area contributed by atoms with Crippen LogP contribution < -0.4 is 14.2 Å². The summed E-state index contributed by atoms with van der Waals surface area (Å²) in [6.45, 7) is 1.31. The van der Waals surface area contributed by atoms with Gasteiger partial charge in [-0.05, 0) is 47.4 Å². The van der Waals surface area contributed by atoms with Crippen LogP contribution in [0.25, 0.3) is 0 Å². The summed E-state index contributed by atoms with van der Waals surface area (Å²) in [7, 11) is 4.89. The smallest absolute Gasteiger partial charge is 0.227 e. The molecule has 0 atom stereocenters. The number of carbonyl (C=O) groups excluding carboxylic acids is 1. The molecule has 25 heavy (non-hydrogen) atoms. The van der Waals surface area contributed by atoms with Gasteiger partial charge in [-0.15, -0.1) is 0 Å². The summed E-state index contributed by atoms with van der Waals surface area (Å²) in [5, 5.41) is 0. The van der Waals surface area contributed by atoms with Crippen LogP contribution in [-0.2, 0) is 24.2 Å². The van der Waals surface area contributed by atoms with Crippen LogP contribution >= 0.6 is 0 Å². The first-order chi connectivity index (χ1) is 12.1. The van der Waals surface area contributed by atoms with E-state index < -0.39 is 0 Å². The second kappa shape index (κ2) is 7.47. The molecule has 0 unspecified atom stereocenters. The Bertz CT molecular complexity index is 772. The van der Waals surface area contributed by atoms with Crippen LogP contribution in [-0.4, -0.2) is 38.7 Å². The Balaban J connectivity index is 1.74. The number of hydrogen-bond acceptors (Lipinski definition) is 4. The lowest BCUT2D eigenvalue weighted by molar-refractivity contribution is -0.131. The monoisotopic (exact) mass is 341 g/mol. The van der Waals surface area contributed by atoms with Crippen LogP contribution in [0.2, 0.25) is 0 Å². The highest BCUT2D eigenvalue weighted by Gasteiger charge is 2.23. The van der Waals surface area contributed by atoms with E-state index in [9.17, 15) is 4.79 Å². The molecule has 0 bridgehead atoms. The van der Waals surface area contributed by atoms with Crippen molar-refractivity contribution in [3.05, 3.63) is 53.1 Å². The van der Waals surface area contributed by atoms with Gasteiger partial charge in [-0.25, -0.2) is 0 Å². The molecule has 2 aromatic carbocycles. The zero-order valence-corrected chi connectivity index (χ0v) is 14.9. The first kappa shape index (κ1) is 17.1. The summed E-state index contributed by atoms with van der Waals surface area (Å²) in [5.74, 6) is 2.32. The van der Waals surface area contributed by atoms with Crippen molar-refractivity contribution in [2.45, 2.75) is 19.4 Å². The van der Waals surface area contributed by atoms with Crippen molar-refractivity contribution >= 4 is 5.91 Å². The molecule has 0 saturated carbocycles. The Kier molecular flexibility index (Phi) is 5.12. The Morgan fingerprint density at radius 3 is 2.40 bits per heavy atom. The quantitative estimate of drug-likeness (QED) is 0.839. The van der Waals surface area contributed by atoms with Crippen LogP contribution in [0.1, 0.15) is 16.7 Å². The number of ether oxygens (including phenoxy) is 3. The van der Waals surface area contributed by atoms with Gasteiger partial charge >= 0.3 is 0 Å². The molecule has 1 aliphatic rings. The van der Waals surface area contributed by atoms with Crippen LogP contribution in [0.3, 0.4) is 0 Å². The summed E-state index contributed by atoms with van der Waals surface area (Å²) in [6, 6.07) is 11.6. The lowest BCUT2D eigenvalue weighted by Gasteiger charge is -2.29. The van der Waals surface area contributed by atoms with E-state index in [1.165, 1.54) is 5.56 Å². The number of nitrogens with zero attached hydrogens (tertiary/aromatic N) is 1. The van der Waals surface area contributed by atoms with E-state index in [-0.39, 0.29) is 5.91 Å². The van der Waals surface area contributed by atoms with Gasteiger partial charge < -0.3 is 19.1 Å². The lowest BCUT2D eigenvalue weighted by Crippen LogP contribution is -2.36. The van der Waals surface area contributed by atoms with Gasteiger partial charge in [0, 0.05) is 13.1 Å². The van der Waals surface area contributed by atoms with Gasteiger partial charge in [0.2, 0.25) is 5.91 Å². The fourth-order valence-electron chi connectivity index (χ4n) is 3.16. The maximum atomic E-state index is 12.7. The van der Waals surface area contributed by atoms with Crippen LogP contribution in [0.4, 0.5) is 0 Å². The maximum absolute atomic E-state index is 12.7. The molecule has 0 spiro atoms. The van der Waals surface area contributed by atoms with Gasteiger partial charge in [0.1, 0.15) is 5.75 Å². The molecule has 5 nitrogen and oxygen atoms in total. The average Bonchev–Trinajstić information content (AvgIpc) is 2.66. The number of fused-ring (bicyclic) bond motifs is 1. The molecule has 0 fully saturated rings. The van der Waals surface area contributed by atoms with Gasteiger partial charge in [0.15, 0.2) is 11.5 Å². The number of methoxy groups -OCH3 is 3. The van der Waals surface area contributed by atoms with Crippen molar-refractivity contribution in [2.24, 2.45) is 0 Å². The zero-order valence-electron chi connectivity index (χ0n) is 14.9. The minimum atomic E-state index is 0.119. The third kappa shape index (κ3) is 3.71. The molecule has 1 amide bonds. The minimum absolute atomic E-state index is 0.119. The number of benzene rings is 2. The fraction of sp³-hybridized carbons (Fsp3) is 0.350. The second-order valence-corrected chi connectivity index (χ2v) is 6.07. The van der Waals surface area contributed by atoms with Crippen LogP contribution in [0, 0.1) is 0 Å². The summed E-state index contributed by atoms with van der Waals surface area (Å²) in [5.41, 5.74) is 3.29. The largest absolute Gasteiger partial charge is 0.497 e. The maximum Gasteiger partial charge on any atom is 0.227 e. The third-order valence-electron chi connectivity index (χ3n) is 4.56. The van der Waals surface area contributed by atoms with Gasteiger partial charge in [0.25, 0.3) is 0 Å². The Morgan fingerprint density at radius 1 is 1.00 bits per heavy atom. The Morgan fingerprint density at radius 2 is 1.72 bits per heavy atom. The van der Waals surface area contributed by atoms with E-state index in [0.717, 1.165) is 29.0 Å². The van der Waals surface area contributed by atoms with Crippen molar-refractivity contribution in [2.75, 3.05) is 27.9 Å². The summed E-state index contributed by atoms with van der Waals surface area (Å²) >= 11 is 0. The molecule has 0 radical (unpaired) electrons. The van der Waals surface area contributed by atoms with Crippen molar-refractivity contribution in [3.63, 3.8) is 0 Å². The van der Waals surface area contributed by atoms with E-state index in [1.807, 2.05) is 41.3 Å². The minimum Gasteiger partial charge on any atom is -0.497 e. The van der Waals surface area contributed by atoms with Gasteiger partial charge in [-0.3, -0.25) is 4.79 Å². The van der Waals surface area contributed by atoms with E-state index in [4.69, 9.17) is 14.2 Å². The molecular formula is C20H23NO4. The SMILES string of the molecule is COc1cccc(CC(=O)N2CCc3cc(OC)c(OC)cc3C2)c1. The van der Waals surface area contributed by atoms with Crippen molar-refractivity contribution in [1.82, 2.24) is 4.90 Å². The normalized spacial score (nSPS) is 13.2. The lowest BCUT2D eigenvalue weighted by atomic mass is 9.98. The number of amides is 1. The molecular weight excluding hydrogens is 318 g/mol. The predicted octanol–water partition coefficient (Wildman–Crippen LogP) is 2.84. The summed E-state index contributed by atoms with van der Waals surface area (Å²) < 4.78 is 16.0. The van der Waals surface area contributed by atoms with Gasteiger partial charge in [0.05, 0.1) is 27.8 Å². The second-order valence-electron chi connectivity index (χ2n) is 6.07. The summed E-state index contributed by atoms with van der Waals surface area (Å²) in [6.07, 6.45) is 1.19. The molecule has 0 aliphatic carbocycles. The Labute approximate surface area is 148 Å². The van der Waals surface area contributed by atoms with Crippen LogP contribution in [0.15, 0.2) is 36.4 Å². The third-order valence-corrected chi connectivity index (χ3v) is 4.56. The number of carbonyl (C=O) groups is 1. The average molecular weight is 341 g/mol. The first-order valence-corrected chi connectivity index (χ1v) is 8.29. The molecule has 0 aromatic heterocycles. The highest BCUT2D eigenvalue weighted by molar-refractivity contribution is 5.79. The molecule has 1 heterocycles. The predicted molar refractivity (Wildman–Crippen MR) is 95.4 cm³/mol. The number of hydrogen-bond donors (Lipinski definition) is 0. The van der Waals surface area contributed by atoms with E-state index >= 15 is 0 Å². The standard InChI is InChI=1S/C20H23NO4/c1-23-17-6-4-5-14(9-17)10-20(22)21-8-7-15-11-18(24-2)19(25-3)12-16(15)13-21/h4-6,9,11-12H,7-8,10,13H2,1-3H3.